The van der Waals surface area contributed by atoms with Gasteiger partial charge in [0.1, 0.15) is 6.61 Å². The Balaban J connectivity index is 1.34. The molecule has 3 aliphatic rings. The molecule has 2 fully saturated rings. The molecular formula is C34H42Cl2N4O3. The molecule has 2 unspecified atom stereocenters. The van der Waals surface area contributed by atoms with Gasteiger partial charge in [0.25, 0.3) is 11.8 Å². The van der Waals surface area contributed by atoms with Crippen LogP contribution in [0, 0.1) is 19.8 Å². The lowest BCUT2D eigenvalue weighted by Gasteiger charge is -2.38. The van der Waals surface area contributed by atoms with Gasteiger partial charge in [0, 0.05) is 46.6 Å². The average Bonchev–Trinajstić information content (AvgIpc) is 3.51. The number of anilines is 1. The zero-order valence-corrected chi connectivity index (χ0v) is 27.7. The molecule has 230 valence electrons. The summed E-state index contributed by atoms with van der Waals surface area (Å²) in [6.07, 6.45) is 2.03. The van der Waals surface area contributed by atoms with E-state index in [2.05, 4.69) is 51.1 Å². The van der Waals surface area contributed by atoms with Crippen LogP contribution in [0.5, 0.6) is 0 Å². The van der Waals surface area contributed by atoms with Gasteiger partial charge in [-0.2, -0.15) is 5.10 Å². The first-order chi connectivity index (χ1) is 20.3. The van der Waals surface area contributed by atoms with Crippen molar-refractivity contribution in [3.63, 3.8) is 0 Å². The summed E-state index contributed by atoms with van der Waals surface area (Å²) in [6, 6.07) is 11.3. The second-order valence-electron chi connectivity index (χ2n) is 13.6. The van der Waals surface area contributed by atoms with Crippen molar-refractivity contribution in [2.24, 2.45) is 5.92 Å². The molecule has 6 rings (SSSR count). The van der Waals surface area contributed by atoms with Crippen molar-refractivity contribution in [3.8, 4) is 0 Å². The number of epoxide rings is 1. The summed E-state index contributed by atoms with van der Waals surface area (Å²) in [4.78, 5) is 18.5. The molecule has 0 aliphatic carbocycles. The van der Waals surface area contributed by atoms with Gasteiger partial charge >= 0.3 is 0 Å². The van der Waals surface area contributed by atoms with Crippen LogP contribution < -0.4 is 4.90 Å². The number of amides is 1. The van der Waals surface area contributed by atoms with Crippen molar-refractivity contribution in [1.82, 2.24) is 14.7 Å². The molecule has 0 radical (unpaired) electrons. The predicted octanol–water partition coefficient (Wildman–Crippen LogP) is 7.89. The van der Waals surface area contributed by atoms with E-state index in [-0.39, 0.29) is 23.5 Å². The molecular weight excluding hydrogens is 583 g/mol. The Labute approximate surface area is 265 Å². The molecule has 3 aromatic rings. The van der Waals surface area contributed by atoms with E-state index in [0.717, 1.165) is 66.1 Å². The quantitative estimate of drug-likeness (QED) is 0.250. The molecule has 0 N–H and O–H groups in total. The van der Waals surface area contributed by atoms with Crippen LogP contribution in [0.25, 0.3) is 0 Å². The Kier molecular flexibility index (Phi) is 7.96. The van der Waals surface area contributed by atoms with Crippen LogP contribution in [0.15, 0.2) is 36.4 Å². The largest absolute Gasteiger partial charge is 0.330 e. The number of carbonyl (C=O) groups is 1. The molecule has 1 aromatic heterocycles. The highest BCUT2D eigenvalue weighted by molar-refractivity contribution is 6.31. The number of aryl methyl sites for hydroxylation is 2. The molecule has 2 atom stereocenters. The second kappa shape index (κ2) is 11.2. The standard InChI is InChI=1S/C34H42Cl2N4O3/c1-20(2)30-28-29(37-39(30)18-23-12-14-38(15-13-23)34(19-42-34)43-33(5,6)7)32(41)40(27-17-25(36)9-8-21(27)3)31(28)26-11-10-24(35)16-22(26)4/h8-11,16-17,20,23,31H,12-15,18-19H2,1-7H3. The van der Waals surface area contributed by atoms with E-state index in [1.165, 1.54) is 0 Å². The molecule has 7 nitrogen and oxygen atoms in total. The Hall–Kier alpha value is -2.42. The number of carbonyl (C=O) groups excluding carboxylic acids is 1. The lowest BCUT2D eigenvalue weighted by Crippen LogP contribution is -2.49. The summed E-state index contributed by atoms with van der Waals surface area (Å²) in [7, 11) is 0. The van der Waals surface area contributed by atoms with E-state index in [0.29, 0.717) is 28.3 Å². The summed E-state index contributed by atoms with van der Waals surface area (Å²) in [6.45, 7) is 17.9. The number of aromatic nitrogens is 2. The number of hydrogen-bond acceptors (Lipinski definition) is 5. The zero-order valence-electron chi connectivity index (χ0n) is 26.2. The van der Waals surface area contributed by atoms with Crippen LogP contribution in [0.3, 0.4) is 0 Å². The summed E-state index contributed by atoms with van der Waals surface area (Å²) in [5, 5.41) is 6.34. The lowest BCUT2D eigenvalue weighted by atomic mass is 9.91. The fraction of sp³-hybridized carbons (Fsp3) is 0.529. The fourth-order valence-electron chi connectivity index (χ4n) is 6.90. The highest BCUT2D eigenvalue weighted by Gasteiger charge is 2.55. The summed E-state index contributed by atoms with van der Waals surface area (Å²) < 4.78 is 14.3. The number of ether oxygens (including phenoxy) is 2. The number of fused-ring (bicyclic) bond motifs is 1. The van der Waals surface area contributed by atoms with E-state index in [4.69, 9.17) is 37.8 Å². The van der Waals surface area contributed by atoms with Crippen molar-refractivity contribution < 1.29 is 14.3 Å². The Morgan fingerprint density at radius 3 is 2.30 bits per heavy atom. The number of hydrogen-bond donors (Lipinski definition) is 0. The molecule has 3 aliphatic heterocycles. The minimum absolute atomic E-state index is 0.0951. The number of rotatable bonds is 7. The van der Waals surface area contributed by atoms with Gasteiger partial charge in [-0.25, -0.2) is 0 Å². The zero-order chi connectivity index (χ0) is 30.8. The minimum atomic E-state index is -0.572. The van der Waals surface area contributed by atoms with Gasteiger partial charge in [-0.15, -0.1) is 0 Å². The first-order valence-corrected chi connectivity index (χ1v) is 16.1. The number of piperidine rings is 1. The van der Waals surface area contributed by atoms with Crippen molar-refractivity contribution in [2.45, 2.75) is 91.3 Å². The third-order valence-corrected chi connectivity index (χ3v) is 9.34. The number of benzene rings is 2. The van der Waals surface area contributed by atoms with Gasteiger partial charge < -0.3 is 9.47 Å². The van der Waals surface area contributed by atoms with Crippen LogP contribution in [-0.4, -0.2) is 51.8 Å². The number of nitrogens with zero attached hydrogens (tertiary/aromatic N) is 4. The number of likely N-dealkylation sites (tertiary alicyclic amines) is 1. The SMILES string of the molecule is Cc1cc(Cl)ccc1C1c2c(nn(CC3CCN(C4(OC(C)(C)C)CO4)CC3)c2C(C)C)C(=O)N1c1cc(Cl)ccc1C. The van der Waals surface area contributed by atoms with E-state index in [9.17, 15) is 4.79 Å². The van der Waals surface area contributed by atoms with E-state index >= 15 is 0 Å². The van der Waals surface area contributed by atoms with Crippen molar-refractivity contribution >= 4 is 34.8 Å². The van der Waals surface area contributed by atoms with Gasteiger partial charge in [-0.3, -0.25) is 19.3 Å². The monoisotopic (exact) mass is 624 g/mol. The van der Waals surface area contributed by atoms with Crippen LogP contribution in [0.2, 0.25) is 10.0 Å². The molecule has 2 saturated heterocycles. The Morgan fingerprint density at radius 2 is 1.70 bits per heavy atom. The first-order valence-electron chi connectivity index (χ1n) is 15.3. The second-order valence-corrected chi connectivity index (χ2v) is 14.5. The maximum Gasteiger partial charge on any atom is 0.280 e. The fourth-order valence-corrected chi connectivity index (χ4v) is 7.30. The molecule has 43 heavy (non-hydrogen) atoms. The smallest absolute Gasteiger partial charge is 0.280 e. The lowest BCUT2D eigenvalue weighted by molar-refractivity contribution is -0.210. The van der Waals surface area contributed by atoms with E-state index in [1.807, 2.05) is 48.2 Å². The maximum absolute atomic E-state index is 14.3. The predicted molar refractivity (Wildman–Crippen MR) is 171 cm³/mol. The normalized spacial score (nSPS) is 23.0. The van der Waals surface area contributed by atoms with Crippen molar-refractivity contribution in [1.29, 1.82) is 0 Å². The van der Waals surface area contributed by atoms with Gasteiger partial charge in [-0.1, -0.05) is 49.2 Å². The topological polar surface area (TPSA) is 63.1 Å². The summed E-state index contributed by atoms with van der Waals surface area (Å²) in [5.41, 5.74) is 6.24. The van der Waals surface area contributed by atoms with Gasteiger partial charge in [0.2, 0.25) is 0 Å². The minimum Gasteiger partial charge on any atom is -0.330 e. The molecule has 2 aromatic carbocycles. The molecule has 0 bridgehead atoms. The summed E-state index contributed by atoms with van der Waals surface area (Å²) in [5.74, 6) is -0.0568. The van der Waals surface area contributed by atoms with Crippen molar-refractivity contribution in [3.05, 3.63) is 80.1 Å². The van der Waals surface area contributed by atoms with Crippen LogP contribution in [0.1, 0.15) is 97.9 Å². The average molecular weight is 626 g/mol. The molecule has 4 heterocycles. The summed E-state index contributed by atoms with van der Waals surface area (Å²) >= 11 is 12.9. The van der Waals surface area contributed by atoms with Crippen LogP contribution >= 0.6 is 23.2 Å². The highest BCUT2D eigenvalue weighted by Crippen LogP contribution is 2.47. The molecule has 9 heteroatoms. The molecule has 1 amide bonds. The number of halogens is 2. The third kappa shape index (κ3) is 5.75. The maximum atomic E-state index is 14.3. The van der Waals surface area contributed by atoms with E-state index in [1.54, 1.807) is 0 Å². The van der Waals surface area contributed by atoms with E-state index < -0.39 is 5.91 Å². The molecule has 0 spiro atoms. The van der Waals surface area contributed by atoms with Crippen LogP contribution in [0.4, 0.5) is 5.69 Å². The van der Waals surface area contributed by atoms with Gasteiger partial charge in [-0.05, 0) is 100 Å². The Morgan fingerprint density at radius 1 is 1.05 bits per heavy atom. The van der Waals surface area contributed by atoms with Gasteiger partial charge in [0.15, 0.2) is 5.69 Å². The highest BCUT2D eigenvalue weighted by atomic mass is 35.5. The molecule has 0 saturated carbocycles. The van der Waals surface area contributed by atoms with Crippen molar-refractivity contribution in [2.75, 3.05) is 24.6 Å². The first kappa shape index (κ1) is 30.6. The Bertz CT molecular complexity index is 1550. The van der Waals surface area contributed by atoms with Crippen LogP contribution in [-0.2, 0) is 16.0 Å². The third-order valence-electron chi connectivity index (χ3n) is 8.87. The van der Waals surface area contributed by atoms with Gasteiger partial charge in [0.05, 0.1) is 11.6 Å².